The second-order valence-electron chi connectivity index (χ2n) is 6.62. The molecule has 0 spiro atoms. The highest BCUT2D eigenvalue weighted by Gasteiger charge is 2.56. The predicted octanol–water partition coefficient (Wildman–Crippen LogP) is 2.69. The van der Waals surface area contributed by atoms with Crippen molar-refractivity contribution >= 4 is 34.0 Å². The van der Waals surface area contributed by atoms with Gasteiger partial charge in [-0.05, 0) is 52.7 Å². The van der Waals surface area contributed by atoms with Gasteiger partial charge in [-0.25, -0.2) is 0 Å². The number of carbonyl (C=O) groups is 2. The molecule has 1 aliphatic heterocycles. The van der Waals surface area contributed by atoms with Crippen LogP contribution in [0.2, 0.25) is 0 Å². The fraction of sp³-hybridized carbons (Fsp3) is 0.389. The van der Waals surface area contributed by atoms with Crippen LogP contribution in [0.4, 0.5) is 0 Å². The van der Waals surface area contributed by atoms with E-state index < -0.39 is 0 Å². The zero-order valence-electron chi connectivity index (χ0n) is 13.6. The van der Waals surface area contributed by atoms with E-state index in [9.17, 15) is 14.7 Å². The van der Waals surface area contributed by atoms with Crippen LogP contribution in [0.3, 0.4) is 0 Å². The van der Waals surface area contributed by atoms with Gasteiger partial charge in [-0.2, -0.15) is 10.1 Å². The average molecular weight is 405 g/mol. The summed E-state index contributed by atoms with van der Waals surface area (Å²) in [5.74, 6) is -0.308. The summed E-state index contributed by atoms with van der Waals surface area (Å²) in [6.45, 7) is 0. The number of hydrazone groups is 1. The number of hydrogen-bond acceptors (Lipinski definition) is 5. The lowest BCUT2D eigenvalue weighted by atomic mass is 9.63. The number of imide groups is 1. The number of methoxy groups -OCH3 is 1. The maximum Gasteiger partial charge on any atom is 0.254 e. The third kappa shape index (κ3) is 2.49. The molecule has 7 heteroatoms. The molecule has 1 saturated carbocycles. The van der Waals surface area contributed by atoms with E-state index in [1.165, 1.54) is 13.3 Å². The van der Waals surface area contributed by atoms with Gasteiger partial charge < -0.3 is 9.84 Å². The summed E-state index contributed by atoms with van der Waals surface area (Å²) in [6, 6.07) is 3.21. The Bertz CT molecular complexity index is 788. The average Bonchev–Trinajstić information content (AvgIpc) is 2.90. The molecule has 6 nitrogen and oxygen atoms in total. The molecule has 0 unspecified atom stereocenters. The first-order valence-electron chi connectivity index (χ1n) is 8.18. The molecule has 2 bridgehead atoms. The molecule has 25 heavy (non-hydrogen) atoms. The zero-order chi connectivity index (χ0) is 17.7. The van der Waals surface area contributed by atoms with Crippen LogP contribution in [-0.4, -0.2) is 35.3 Å². The smallest absolute Gasteiger partial charge is 0.254 e. The van der Waals surface area contributed by atoms with Crippen LogP contribution in [0.5, 0.6) is 11.5 Å². The number of carbonyl (C=O) groups excluding carboxylic acids is 2. The molecule has 130 valence electrons. The summed E-state index contributed by atoms with van der Waals surface area (Å²) < 4.78 is 5.61. The highest BCUT2D eigenvalue weighted by molar-refractivity contribution is 9.10. The van der Waals surface area contributed by atoms with Crippen molar-refractivity contribution in [1.29, 1.82) is 0 Å². The van der Waals surface area contributed by atoms with E-state index in [0.29, 0.717) is 15.8 Å². The number of ether oxygens (including phenoxy) is 1. The van der Waals surface area contributed by atoms with E-state index in [1.54, 1.807) is 12.1 Å². The van der Waals surface area contributed by atoms with Crippen LogP contribution in [0, 0.1) is 23.7 Å². The lowest BCUT2D eigenvalue weighted by Crippen LogP contribution is -2.38. The van der Waals surface area contributed by atoms with Crippen molar-refractivity contribution in [3.63, 3.8) is 0 Å². The Morgan fingerprint density at radius 1 is 1.20 bits per heavy atom. The fourth-order valence-electron chi connectivity index (χ4n) is 4.10. The SMILES string of the molecule is COc1cc(Br)c(O)c(/C=N\N2C(=O)[C@H]3[C@H](C2=O)[C@H]2C=C[C@H]3CC2)c1. The van der Waals surface area contributed by atoms with E-state index in [-0.39, 0.29) is 41.2 Å². The largest absolute Gasteiger partial charge is 0.506 e. The Balaban J connectivity index is 1.64. The number of phenols is 1. The molecular formula is C18H17BrN2O4. The van der Waals surface area contributed by atoms with Gasteiger partial charge >= 0.3 is 0 Å². The molecule has 1 aromatic rings. The summed E-state index contributed by atoms with van der Waals surface area (Å²) in [5, 5.41) is 15.2. The number of allylic oxidation sites excluding steroid dienone is 2. The number of rotatable bonds is 3. The van der Waals surface area contributed by atoms with Crippen molar-refractivity contribution < 1.29 is 19.4 Å². The lowest BCUT2D eigenvalue weighted by Gasteiger charge is -2.37. The van der Waals surface area contributed by atoms with Crippen LogP contribution in [0.15, 0.2) is 33.9 Å². The zero-order valence-corrected chi connectivity index (χ0v) is 15.1. The molecule has 5 rings (SSSR count). The van der Waals surface area contributed by atoms with Crippen molar-refractivity contribution in [2.75, 3.05) is 7.11 Å². The third-order valence-corrected chi connectivity index (χ3v) is 5.95. The maximum absolute atomic E-state index is 12.7. The number of amides is 2. The van der Waals surface area contributed by atoms with Crippen molar-refractivity contribution in [2.45, 2.75) is 12.8 Å². The molecule has 1 N–H and O–H groups in total. The Labute approximate surface area is 153 Å². The van der Waals surface area contributed by atoms with Crippen LogP contribution >= 0.6 is 15.9 Å². The Morgan fingerprint density at radius 2 is 1.80 bits per heavy atom. The van der Waals surface area contributed by atoms with Crippen LogP contribution in [0.25, 0.3) is 0 Å². The standard InChI is InChI=1S/C18H17BrN2O4/c1-25-12-6-11(16(22)13(19)7-12)8-20-21-17(23)14-9-2-3-10(5-4-9)15(14)18(21)24/h2-3,6-10,14-15,22H,4-5H2,1H3/b20-8-/t9-,10-,14+,15+/m0/s1. The Hall–Kier alpha value is -2.15. The summed E-state index contributed by atoms with van der Waals surface area (Å²) in [5.41, 5.74) is 0.364. The van der Waals surface area contributed by atoms with E-state index in [1.807, 2.05) is 0 Å². The number of hydrogen-bond donors (Lipinski definition) is 1. The third-order valence-electron chi connectivity index (χ3n) is 5.35. The van der Waals surface area contributed by atoms with Crippen LogP contribution in [0.1, 0.15) is 18.4 Å². The van der Waals surface area contributed by atoms with Gasteiger partial charge in [0.25, 0.3) is 11.8 Å². The molecule has 4 atom stereocenters. The summed E-state index contributed by atoms with van der Waals surface area (Å²) in [4.78, 5) is 25.4. The first-order valence-corrected chi connectivity index (χ1v) is 8.97. The van der Waals surface area contributed by atoms with E-state index in [0.717, 1.165) is 17.9 Å². The molecule has 4 aliphatic rings. The second kappa shape index (κ2) is 5.98. The molecule has 1 aromatic carbocycles. The maximum atomic E-state index is 12.7. The Morgan fingerprint density at radius 3 is 2.32 bits per heavy atom. The number of halogens is 1. The van der Waals surface area contributed by atoms with Crippen molar-refractivity contribution in [2.24, 2.45) is 28.8 Å². The predicted molar refractivity (Wildman–Crippen MR) is 94.1 cm³/mol. The van der Waals surface area contributed by atoms with Gasteiger partial charge in [-0.1, -0.05) is 12.2 Å². The quantitative estimate of drug-likeness (QED) is 0.477. The number of aromatic hydroxyl groups is 1. The van der Waals surface area contributed by atoms with Gasteiger partial charge in [0.05, 0.1) is 29.6 Å². The minimum atomic E-state index is -0.293. The summed E-state index contributed by atoms with van der Waals surface area (Å²) in [7, 11) is 1.51. The van der Waals surface area contributed by atoms with Gasteiger partial charge in [0, 0.05) is 5.56 Å². The van der Waals surface area contributed by atoms with Crippen molar-refractivity contribution in [3.8, 4) is 11.5 Å². The second-order valence-corrected chi connectivity index (χ2v) is 7.48. The molecule has 0 radical (unpaired) electrons. The molecule has 0 aromatic heterocycles. The van der Waals surface area contributed by atoms with Crippen LogP contribution in [-0.2, 0) is 9.59 Å². The van der Waals surface area contributed by atoms with Gasteiger partial charge in [0.15, 0.2) is 0 Å². The molecule has 3 aliphatic carbocycles. The normalized spacial score (nSPS) is 30.4. The number of fused-ring (bicyclic) bond motifs is 1. The van der Waals surface area contributed by atoms with Gasteiger partial charge in [-0.15, -0.1) is 0 Å². The van der Waals surface area contributed by atoms with E-state index >= 15 is 0 Å². The first kappa shape index (κ1) is 16.3. The first-order chi connectivity index (χ1) is 12.0. The van der Waals surface area contributed by atoms with Crippen molar-refractivity contribution in [1.82, 2.24) is 5.01 Å². The van der Waals surface area contributed by atoms with E-state index in [2.05, 4.69) is 33.2 Å². The highest BCUT2D eigenvalue weighted by atomic mass is 79.9. The molecule has 2 fully saturated rings. The van der Waals surface area contributed by atoms with Gasteiger partial charge in [-0.3, -0.25) is 9.59 Å². The van der Waals surface area contributed by atoms with Gasteiger partial charge in [0.1, 0.15) is 11.5 Å². The number of benzene rings is 1. The molecular weight excluding hydrogens is 388 g/mol. The minimum absolute atomic E-state index is 0.0252. The topological polar surface area (TPSA) is 79.2 Å². The lowest BCUT2D eigenvalue weighted by molar-refractivity contribution is -0.140. The highest BCUT2D eigenvalue weighted by Crippen LogP contribution is 2.49. The molecule has 2 amide bonds. The number of nitrogens with zero attached hydrogens (tertiary/aromatic N) is 2. The van der Waals surface area contributed by atoms with Crippen LogP contribution < -0.4 is 4.74 Å². The monoisotopic (exact) mass is 404 g/mol. The summed E-state index contributed by atoms with van der Waals surface area (Å²) in [6.07, 6.45) is 7.35. The molecule has 1 saturated heterocycles. The minimum Gasteiger partial charge on any atom is -0.506 e. The molecule has 1 heterocycles. The Kier molecular flexibility index (Phi) is 3.91. The number of phenolic OH excluding ortho intramolecular Hbond substituents is 1. The summed E-state index contributed by atoms with van der Waals surface area (Å²) >= 11 is 3.24. The van der Waals surface area contributed by atoms with Crippen molar-refractivity contribution in [3.05, 3.63) is 34.3 Å². The van der Waals surface area contributed by atoms with E-state index in [4.69, 9.17) is 4.74 Å². The van der Waals surface area contributed by atoms with Gasteiger partial charge in [0.2, 0.25) is 0 Å². The fourth-order valence-corrected chi connectivity index (χ4v) is 4.56.